The number of aromatic nitrogens is 2. The van der Waals surface area contributed by atoms with Crippen LogP contribution in [0.25, 0.3) is 11.3 Å². The molecule has 1 heterocycles. The highest BCUT2D eigenvalue weighted by Gasteiger charge is 2.14. The number of aromatic carboxylic acids is 1. The van der Waals surface area contributed by atoms with Crippen LogP contribution < -0.4 is 0 Å². The van der Waals surface area contributed by atoms with Gasteiger partial charge in [0.05, 0.1) is 5.69 Å². The molecule has 2 rings (SSSR count). The van der Waals surface area contributed by atoms with Gasteiger partial charge < -0.3 is 20.2 Å². The molecular formula is C10H8N2O3S. The van der Waals surface area contributed by atoms with Crippen LogP contribution in [0.4, 0.5) is 0 Å². The molecule has 0 aliphatic carbocycles. The number of carboxylic acid groups (broad SMARTS) is 1. The number of hydrogen-bond donors (Lipinski definition) is 4. The maximum absolute atomic E-state index is 10.9. The highest BCUT2D eigenvalue weighted by molar-refractivity contribution is 7.71. The third-order valence-electron chi connectivity index (χ3n) is 2.10. The molecule has 16 heavy (non-hydrogen) atoms. The summed E-state index contributed by atoms with van der Waals surface area (Å²) in [5.41, 5.74) is 1.05. The maximum Gasteiger partial charge on any atom is 0.354 e. The quantitative estimate of drug-likeness (QED) is 0.601. The van der Waals surface area contributed by atoms with E-state index in [9.17, 15) is 4.79 Å². The Hall–Kier alpha value is -2.08. The number of aromatic hydroxyl groups is 1. The Kier molecular flexibility index (Phi) is 2.49. The van der Waals surface area contributed by atoms with Gasteiger partial charge in [0, 0.05) is 5.56 Å². The molecule has 0 aliphatic heterocycles. The fraction of sp³-hybridized carbons (Fsp3) is 0. The molecule has 1 aromatic carbocycles. The van der Waals surface area contributed by atoms with E-state index in [1.165, 1.54) is 12.1 Å². The van der Waals surface area contributed by atoms with Crippen LogP contribution in [0, 0.1) is 4.77 Å². The zero-order valence-electron chi connectivity index (χ0n) is 8.02. The fourth-order valence-electron chi connectivity index (χ4n) is 1.39. The van der Waals surface area contributed by atoms with E-state index < -0.39 is 5.97 Å². The van der Waals surface area contributed by atoms with Crippen LogP contribution in [0.3, 0.4) is 0 Å². The third kappa shape index (κ3) is 1.82. The average Bonchev–Trinajstić information content (AvgIpc) is 2.61. The SMILES string of the molecule is O=C(O)c1[nH]c(=S)[nH]c1-c1ccc(O)cc1. The summed E-state index contributed by atoms with van der Waals surface area (Å²) in [4.78, 5) is 16.2. The fourth-order valence-corrected chi connectivity index (χ4v) is 1.59. The first-order valence-corrected chi connectivity index (χ1v) is 4.84. The lowest BCUT2D eigenvalue weighted by atomic mass is 10.1. The molecule has 0 saturated carbocycles. The second-order valence-corrected chi connectivity index (χ2v) is 3.59. The standard InChI is InChI=1S/C10H8N2O3S/c13-6-3-1-5(2-4-6)7-8(9(14)15)12-10(16)11-7/h1-4,13H,(H,14,15)(H2,11,12,16). The van der Waals surface area contributed by atoms with Gasteiger partial charge in [-0.2, -0.15) is 0 Å². The summed E-state index contributed by atoms with van der Waals surface area (Å²) in [6, 6.07) is 6.17. The van der Waals surface area contributed by atoms with Crippen molar-refractivity contribution in [1.82, 2.24) is 9.97 Å². The van der Waals surface area contributed by atoms with E-state index in [0.717, 1.165) is 0 Å². The second-order valence-electron chi connectivity index (χ2n) is 3.18. The van der Waals surface area contributed by atoms with Gasteiger partial charge in [0.1, 0.15) is 5.75 Å². The van der Waals surface area contributed by atoms with Crippen LogP contribution in [0.5, 0.6) is 5.75 Å². The van der Waals surface area contributed by atoms with Gasteiger partial charge in [0.15, 0.2) is 10.5 Å². The second kappa shape index (κ2) is 3.82. The molecule has 6 heteroatoms. The Labute approximate surface area is 95.4 Å². The van der Waals surface area contributed by atoms with Crippen LogP contribution in [0.2, 0.25) is 0 Å². The van der Waals surface area contributed by atoms with Gasteiger partial charge >= 0.3 is 5.97 Å². The molecule has 82 valence electrons. The predicted octanol–water partition coefficient (Wildman–Crippen LogP) is 2.14. The number of nitrogens with one attached hydrogen (secondary N) is 2. The average molecular weight is 236 g/mol. The Bertz CT molecular complexity index is 583. The van der Waals surface area contributed by atoms with E-state index in [2.05, 4.69) is 9.97 Å². The van der Waals surface area contributed by atoms with E-state index >= 15 is 0 Å². The molecular weight excluding hydrogens is 228 g/mol. The topological polar surface area (TPSA) is 89.1 Å². The van der Waals surface area contributed by atoms with Crippen molar-refractivity contribution in [3.05, 3.63) is 34.7 Å². The van der Waals surface area contributed by atoms with E-state index in [-0.39, 0.29) is 16.2 Å². The van der Waals surface area contributed by atoms with Gasteiger partial charge in [-0.15, -0.1) is 0 Å². The monoisotopic (exact) mass is 236 g/mol. The molecule has 0 fully saturated rings. The number of phenolic OH excluding ortho intramolecular Hbond substituents is 1. The molecule has 0 unspecified atom stereocenters. The first-order valence-electron chi connectivity index (χ1n) is 4.43. The molecule has 0 amide bonds. The minimum absolute atomic E-state index is 0.00990. The molecule has 4 N–H and O–H groups in total. The first-order chi connectivity index (χ1) is 7.58. The lowest BCUT2D eigenvalue weighted by Crippen LogP contribution is -1.98. The Morgan fingerprint density at radius 3 is 2.38 bits per heavy atom. The number of imidazole rings is 1. The van der Waals surface area contributed by atoms with Crippen LogP contribution in [0.1, 0.15) is 10.5 Å². The lowest BCUT2D eigenvalue weighted by molar-refractivity contribution is 0.0692. The van der Waals surface area contributed by atoms with Crippen molar-refractivity contribution in [1.29, 1.82) is 0 Å². The van der Waals surface area contributed by atoms with Crippen molar-refractivity contribution in [3.63, 3.8) is 0 Å². The molecule has 0 spiro atoms. The smallest absolute Gasteiger partial charge is 0.354 e. The number of rotatable bonds is 2. The Balaban J connectivity index is 2.59. The predicted molar refractivity (Wildman–Crippen MR) is 60.0 cm³/mol. The van der Waals surface area contributed by atoms with E-state index in [0.29, 0.717) is 11.3 Å². The highest BCUT2D eigenvalue weighted by Crippen LogP contribution is 2.22. The molecule has 0 atom stereocenters. The lowest BCUT2D eigenvalue weighted by Gasteiger charge is -1.99. The minimum atomic E-state index is -1.09. The van der Waals surface area contributed by atoms with Crippen molar-refractivity contribution < 1.29 is 15.0 Å². The van der Waals surface area contributed by atoms with Crippen molar-refractivity contribution in [2.45, 2.75) is 0 Å². The molecule has 5 nitrogen and oxygen atoms in total. The largest absolute Gasteiger partial charge is 0.508 e. The highest BCUT2D eigenvalue weighted by atomic mass is 32.1. The summed E-state index contributed by atoms with van der Waals surface area (Å²) >= 11 is 4.84. The van der Waals surface area contributed by atoms with Crippen LogP contribution in [-0.2, 0) is 0 Å². The number of benzene rings is 1. The third-order valence-corrected chi connectivity index (χ3v) is 2.30. The summed E-state index contributed by atoms with van der Waals surface area (Å²) in [7, 11) is 0. The molecule has 0 bridgehead atoms. The number of carboxylic acids is 1. The number of aromatic amines is 2. The summed E-state index contributed by atoms with van der Waals surface area (Å²) in [6.07, 6.45) is 0. The molecule has 1 aromatic heterocycles. The molecule has 0 aliphatic rings. The summed E-state index contributed by atoms with van der Waals surface area (Å²) < 4.78 is 0.250. The number of hydrogen-bond acceptors (Lipinski definition) is 3. The van der Waals surface area contributed by atoms with E-state index in [1.807, 2.05) is 0 Å². The number of carbonyl (C=O) groups is 1. The van der Waals surface area contributed by atoms with Gasteiger partial charge in [0.2, 0.25) is 0 Å². The molecule has 2 aromatic rings. The molecule has 0 saturated heterocycles. The first kappa shape index (κ1) is 10.4. The number of phenols is 1. The van der Waals surface area contributed by atoms with Crippen LogP contribution >= 0.6 is 12.2 Å². The van der Waals surface area contributed by atoms with Crippen molar-refractivity contribution in [2.75, 3.05) is 0 Å². The van der Waals surface area contributed by atoms with Crippen molar-refractivity contribution in [3.8, 4) is 17.0 Å². The maximum atomic E-state index is 10.9. The van der Waals surface area contributed by atoms with Crippen LogP contribution in [0.15, 0.2) is 24.3 Å². The summed E-state index contributed by atoms with van der Waals surface area (Å²) in [6.45, 7) is 0. The summed E-state index contributed by atoms with van der Waals surface area (Å²) in [5, 5.41) is 18.1. The Morgan fingerprint density at radius 1 is 1.19 bits per heavy atom. The van der Waals surface area contributed by atoms with Crippen LogP contribution in [-0.4, -0.2) is 26.2 Å². The van der Waals surface area contributed by atoms with Gasteiger partial charge in [-0.3, -0.25) is 0 Å². The minimum Gasteiger partial charge on any atom is -0.508 e. The Morgan fingerprint density at radius 2 is 1.81 bits per heavy atom. The van der Waals surface area contributed by atoms with Gasteiger partial charge in [-0.25, -0.2) is 4.79 Å². The van der Waals surface area contributed by atoms with E-state index in [1.54, 1.807) is 12.1 Å². The summed E-state index contributed by atoms with van der Waals surface area (Å²) in [5.74, 6) is -0.967. The van der Waals surface area contributed by atoms with E-state index in [4.69, 9.17) is 22.4 Å². The van der Waals surface area contributed by atoms with Crippen molar-refractivity contribution in [2.24, 2.45) is 0 Å². The number of H-pyrrole nitrogens is 2. The van der Waals surface area contributed by atoms with Gasteiger partial charge in [0.25, 0.3) is 0 Å². The van der Waals surface area contributed by atoms with Gasteiger partial charge in [-0.1, -0.05) is 0 Å². The van der Waals surface area contributed by atoms with Crippen molar-refractivity contribution >= 4 is 18.2 Å². The van der Waals surface area contributed by atoms with Gasteiger partial charge in [-0.05, 0) is 36.5 Å². The zero-order valence-corrected chi connectivity index (χ0v) is 8.84. The molecule has 0 radical (unpaired) electrons. The normalized spacial score (nSPS) is 10.2. The zero-order chi connectivity index (χ0) is 11.7.